The number of aliphatic hydroxyl groups is 1. The quantitative estimate of drug-likeness (QED) is 0.157. The molecule has 4 saturated heterocycles. The van der Waals surface area contributed by atoms with Crippen LogP contribution in [0.4, 0.5) is 0 Å². The van der Waals surface area contributed by atoms with Gasteiger partial charge >= 0.3 is 5.97 Å². The molecular weight excluding hydrogens is 542 g/mol. The van der Waals surface area contributed by atoms with Gasteiger partial charge in [-0.3, -0.25) is 19.3 Å². The van der Waals surface area contributed by atoms with Gasteiger partial charge in [0.1, 0.15) is 6.04 Å². The van der Waals surface area contributed by atoms with Crippen molar-refractivity contribution in [1.82, 2.24) is 14.7 Å². The fourth-order valence-electron chi connectivity index (χ4n) is 7.23. The zero-order valence-corrected chi connectivity index (χ0v) is 25.6. The van der Waals surface area contributed by atoms with E-state index in [1.165, 1.54) is 0 Å². The lowest BCUT2D eigenvalue weighted by Gasteiger charge is -2.38. The van der Waals surface area contributed by atoms with Crippen molar-refractivity contribution in [3.05, 3.63) is 25.3 Å². The third kappa shape index (κ3) is 6.71. The van der Waals surface area contributed by atoms with E-state index in [9.17, 15) is 19.5 Å². The van der Waals surface area contributed by atoms with E-state index in [4.69, 9.17) is 9.47 Å². The summed E-state index contributed by atoms with van der Waals surface area (Å²) in [6.07, 6.45) is 9.78. The number of fused-ring (bicyclic) bond motifs is 1. The molecule has 230 valence electrons. The largest absolute Gasteiger partial charge is 0.465 e. The summed E-state index contributed by atoms with van der Waals surface area (Å²) in [7, 11) is 0. The first-order valence-corrected chi connectivity index (χ1v) is 16.2. The Bertz CT molecular complexity index is 958. The van der Waals surface area contributed by atoms with Gasteiger partial charge < -0.3 is 24.4 Å². The number of aliphatic hydroxyl groups excluding tert-OH is 1. The van der Waals surface area contributed by atoms with E-state index in [1.54, 1.807) is 22.7 Å². The average Bonchev–Trinajstić information content (AvgIpc) is 3.54. The molecule has 0 aromatic heterocycles. The van der Waals surface area contributed by atoms with Crippen molar-refractivity contribution in [3.8, 4) is 0 Å². The number of allylic oxidation sites excluding steroid dienone is 1. The van der Waals surface area contributed by atoms with E-state index in [2.05, 4.69) is 25.0 Å². The van der Waals surface area contributed by atoms with Crippen LogP contribution >= 0.6 is 11.8 Å². The van der Waals surface area contributed by atoms with Crippen molar-refractivity contribution in [2.45, 2.75) is 73.8 Å². The molecule has 0 saturated carbocycles. The Kier molecular flexibility index (Phi) is 11.4. The van der Waals surface area contributed by atoms with Crippen LogP contribution in [0.15, 0.2) is 25.3 Å². The SMILES string of the molecule is C=CCCCCOC(=O)[C@@H]1[C@H]2C(=O)N(CCCCCO)C(C(=O)N(CC=C)CCN3CCOCC3)C23CC[C@@]1(C)S3. The van der Waals surface area contributed by atoms with Crippen LogP contribution < -0.4 is 0 Å². The van der Waals surface area contributed by atoms with Crippen molar-refractivity contribution < 1.29 is 29.0 Å². The Hall–Kier alpha value is -1.88. The number of likely N-dealkylation sites (tertiary alicyclic amines) is 1. The fourth-order valence-corrected chi connectivity index (χ4v) is 9.57. The number of carbonyl (C=O) groups excluding carboxylic acids is 3. The molecule has 4 heterocycles. The van der Waals surface area contributed by atoms with Gasteiger partial charge in [-0.15, -0.1) is 24.9 Å². The van der Waals surface area contributed by atoms with Crippen LogP contribution in [0.5, 0.6) is 0 Å². The molecular formula is C31H49N3O6S. The van der Waals surface area contributed by atoms with Crippen molar-refractivity contribution in [2.24, 2.45) is 11.8 Å². The van der Waals surface area contributed by atoms with Crippen molar-refractivity contribution in [1.29, 1.82) is 0 Å². The molecule has 1 spiro atoms. The van der Waals surface area contributed by atoms with E-state index in [-0.39, 0.29) is 24.4 Å². The number of nitrogens with zero attached hydrogens (tertiary/aromatic N) is 3. The summed E-state index contributed by atoms with van der Waals surface area (Å²) >= 11 is 1.69. The second-order valence-corrected chi connectivity index (χ2v) is 13.9. The first-order chi connectivity index (χ1) is 19.8. The molecule has 4 fully saturated rings. The summed E-state index contributed by atoms with van der Waals surface area (Å²) in [4.78, 5) is 48.2. The highest BCUT2D eigenvalue weighted by atomic mass is 32.2. The number of esters is 1. The number of hydrogen-bond acceptors (Lipinski definition) is 8. The van der Waals surface area contributed by atoms with E-state index in [0.717, 1.165) is 58.2 Å². The third-order valence-corrected chi connectivity index (χ3v) is 11.3. The number of thioether (sulfide) groups is 1. The molecule has 0 aromatic rings. The number of hydrogen-bond donors (Lipinski definition) is 1. The summed E-state index contributed by atoms with van der Waals surface area (Å²) in [6, 6.07) is -0.629. The molecule has 4 aliphatic rings. The van der Waals surface area contributed by atoms with E-state index >= 15 is 0 Å². The highest BCUT2D eigenvalue weighted by Gasteiger charge is 2.77. The van der Waals surface area contributed by atoms with Gasteiger partial charge in [0.2, 0.25) is 11.8 Å². The zero-order valence-electron chi connectivity index (χ0n) is 24.8. The molecule has 1 N–H and O–H groups in total. The smallest absolute Gasteiger partial charge is 0.311 e. The van der Waals surface area contributed by atoms with E-state index in [1.807, 2.05) is 11.0 Å². The summed E-state index contributed by atoms with van der Waals surface area (Å²) in [5.74, 6) is -1.58. The lowest BCUT2D eigenvalue weighted by atomic mass is 9.66. The third-order valence-electron chi connectivity index (χ3n) is 9.32. The number of unbranched alkanes of at least 4 members (excludes halogenated alkanes) is 4. The number of ether oxygens (including phenoxy) is 2. The highest BCUT2D eigenvalue weighted by Crippen LogP contribution is 2.71. The Morgan fingerprint density at radius 2 is 1.90 bits per heavy atom. The number of carbonyl (C=O) groups is 3. The first-order valence-electron chi connectivity index (χ1n) is 15.4. The van der Waals surface area contributed by atoms with Crippen molar-refractivity contribution in [2.75, 3.05) is 65.7 Å². The lowest BCUT2D eigenvalue weighted by molar-refractivity contribution is -0.155. The summed E-state index contributed by atoms with van der Waals surface area (Å²) < 4.78 is 10.2. The van der Waals surface area contributed by atoms with Crippen LogP contribution in [0.25, 0.3) is 0 Å². The molecule has 10 heteroatoms. The number of rotatable bonds is 17. The Balaban J connectivity index is 1.57. The molecule has 2 bridgehead atoms. The molecule has 41 heavy (non-hydrogen) atoms. The van der Waals surface area contributed by atoms with Gasteiger partial charge in [0.25, 0.3) is 0 Å². The van der Waals surface area contributed by atoms with Crippen LogP contribution in [-0.4, -0.2) is 119 Å². The van der Waals surface area contributed by atoms with Gasteiger partial charge in [0.05, 0.1) is 36.4 Å². The van der Waals surface area contributed by atoms with Gasteiger partial charge in [-0.2, -0.15) is 0 Å². The van der Waals surface area contributed by atoms with E-state index < -0.39 is 27.4 Å². The Labute approximate surface area is 249 Å². The molecule has 0 radical (unpaired) electrons. The predicted octanol–water partition coefficient (Wildman–Crippen LogP) is 2.88. The number of morpholine rings is 1. The molecule has 9 nitrogen and oxygen atoms in total. The molecule has 0 aromatic carbocycles. The maximum atomic E-state index is 14.5. The van der Waals surface area contributed by atoms with Gasteiger partial charge in [-0.25, -0.2) is 0 Å². The average molecular weight is 592 g/mol. The topological polar surface area (TPSA) is 99.6 Å². The zero-order chi connectivity index (χ0) is 29.5. The van der Waals surface area contributed by atoms with Crippen molar-refractivity contribution >= 4 is 29.5 Å². The maximum absolute atomic E-state index is 14.5. The molecule has 2 unspecified atom stereocenters. The summed E-state index contributed by atoms with van der Waals surface area (Å²) in [5, 5.41) is 9.29. The minimum Gasteiger partial charge on any atom is -0.465 e. The molecule has 5 atom stereocenters. The second-order valence-electron chi connectivity index (χ2n) is 12.0. The van der Waals surface area contributed by atoms with Gasteiger partial charge in [-0.05, 0) is 58.3 Å². The molecule has 2 amide bonds. The minimum absolute atomic E-state index is 0.0497. The van der Waals surface area contributed by atoms with Gasteiger partial charge in [0, 0.05) is 50.6 Å². The second kappa shape index (κ2) is 14.5. The highest BCUT2D eigenvalue weighted by molar-refractivity contribution is 8.02. The lowest BCUT2D eigenvalue weighted by Crippen LogP contribution is -2.56. The van der Waals surface area contributed by atoms with Gasteiger partial charge in [-0.1, -0.05) is 12.2 Å². The monoisotopic (exact) mass is 591 g/mol. The van der Waals surface area contributed by atoms with E-state index in [0.29, 0.717) is 52.3 Å². The Morgan fingerprint density at radius 3 is 2.61 bits per heavy atom. The standard InChI is InChI=1S/C31H49N3O6S/c1-4-6-7-11-21-40-29(38)25-24-27(36)34(15-9-8-10-20-35)26(31(24)13-12-30(25,3)41-31)28(37)33(14-5-2)17-16-32-18-22-39-23-19-32/h4-5,24-26,35H,1-2,6-23H2,3H3/t24-,25-,26?,30+,31?/m0/s1. The molecule has 0 aliphatic carbocycles. The Morgan fingerprint density at radius 1 is 1.12 bits per heavy atom. The summed E-state index contributed by atoms with van der Waals surface area (Å²) in [5.41, 5.74) is 0. The van der Waals surface area contributed by atoms with Crippen molar-refractivity contribution in [3.63, 3.8) is 0 Å². The predicted molar refractivity (Wildman–Crippen MR) is 160 cm³/mol. The van der Waals surface area contributed by atoms with Crippen LogP contribution in [0, 0.1) is 11.8 Å². The van der Waals surface area contributed by atoms with Crippen LogP contribution in [-0.2, 0) is 23.9 Å². The summed E-state index contributed by atoms with van der Waals surface area (Å²) in [6.45, 7) is 15.4. The molecule has 4 rings (SSSR count). The fraction of sp³-hybridized carbons (Fsp3) is 0.774. The minimum atomic E-state index is -0.648. The van der Waals surface area contributed by atoms with Crippen LogP contribution in [0.1, 0.15) is 58.3 Å². The van der Waals surface area contributed by atoms with Gasteiger partial charge in [0.15, 0.2) is 0 Å². The van der Waals surface area contributed by atoms with Crippen LogP contribution in [0.2, 0.25) is 0 Å². The normalized spacial score (nSPS) is 30.8. The maximum Gasteiger partial charge on any atom is 0.311 e. The van der Waals surface area contributed by atoms with Crippen LogP contribution in [0.3, 0.4) is 0 Å². The number of amides is 2. The first kappa shape index (κ1) is 32.0. The molecule has 4 aliphatic heterocycles.